The van der Waals surface area contributed by atoms with Crippen LogP contribution in [0.4, 0.5) is 5.69 Å². The number of anilines is 1. The van der Waals surface area contributed by atoms with Gasteiger partial charge in [0.25, 0.3) is 5.22 Å². The van der Waals surface area contributed by atoms with Crippen LogP contribution in [-0.2, 0) is 17.0 Å². The Bertz CT molecular complexity index is 1170. The second kappa shape index (κ2) is 9.57. The second-order valence-corrected chi connectivity index (χ2v) is 7.92. The first-order valence-corrected chi connectivity index (χ1v) is 10.8. The molecule has 0 bridgehead atoms. The first-order valence-electron chi connectivity index (χ1n) is 9.77. The van der Waals surface area contributed by atoms with Gasteiger partial charge in [-0.1, -0.05) is 52.8 Å². The first-order chi connectivity index (χ1) is 15.1. The molecule has 4 aromatic rings. The number of aromatic nitrogens is 4. The summed E-state index contributed by atoms with van der Waals surface area (Å²) in [7, 11) is 0. The minimum absolute atomic E-state index is 0.0991. The molecule has 0 spiro atoms. The van der Waals surface area contributed by atoms with Crippen molar-refractivity contribution in [2.45, 2.75) is 37.7 Å². The molecule has 0 aliphatic heterocycles. The fraction of sp³-hybridized carbons (Fsp3) is 0.227. The Morgan fingerprint density at radius 2 is 1.87 bits per heavy atom. The SMILES string of the molecule is Cc1ccc(-c2nnc(SCc3noc(CCC(=O)Nc4ccccc4C)n3)o2)cc1. The van der Waals surface area contributed by atoms with Crippen molar-refractivity contribution >= 4 is 23.4 Å². The van der Waals surface area contributed by atoms with E-state index in [0.717, 1.165) is 16.8 Å². The molecule has 158 valence electrons. The zero-order valence-electron chi connectivity index (χ0n) is 17.2. The van der Waals surface area contributed by atoms with E-state index in [1.54, 1.807) is 0 Å². The number of nitrogens with one attached hydrogen (secondary N) is 1. The molecule has 2 aromatic heterocycles. The van der Waals surface area contributed by atoms with Crippen molar-refractivity contribution in [3.05, 3.63) is 71.4 Å². The maximum atomic E-state index is 12.2. The van der Waals surface area contributed by atoms with Crippen molar-refractivity contribution in [3.63, 3.8) is 0 Å². The monoisotopic (exact) mass is 435 g/mol. The van der Waals surface area contributed by atoms with Crippen molar-refractivity contribution in [2.75, 3.05) is 5.32 Å². The minimum atomic E-state index is -0.0991. The summed E-state index contributed by atoms with van der Waals surface area (Å²) in [6.45, 7) is 3.97. The van der Waals surface area contributed by atoms with E-state index in [1.165, 1.54) is 17.3 Å². The van der Waals surface area contributed by atoms with Gasteiger partial charge in [0.1, 0.15) is 0 Å². The molecule has 0 atom stereocenters. The van der Waals surface area contributed by atoms with Crippen LogP contribution in [0, 0.1) is 13.8 Å². The highest BCUT2D eigenvalue weighted by atomic mass is 32.2. The molecule has 31 heavy (non-hydrogen) atoms. The molecule has 0 aliphatic carbocycles. The fourth-order valence-electron chi connectivity index (χ4n) is 2.80. The third kappa shape index (κ3) is 5.58. The molecule has 8 nitrogen and oxygen atoms in total. The molecule has 4 rings (SSSR count). The number of para-hydroxylation sites is 1. The van der Waals surface area contributed by atoms with E-state index in [2.05, 4.69) is 25.7 Å². The summed E-state index contributed by atoms with van der Waals surface area (Å²) in [4.78, 5) is 16.5. The molecule has 1 amide bonds. The summed E-state index contributed by atoms with van der Waals surface area (Å²) in [5, 5.41) is 15.4. The Morgan fingerprint density at radius 1 is 1.06 bits per heavy atom. The molecular weight excluding hydrogens is 414 g/mol. The summed E-state index contributed by atoms with van der Waals surface area (Å²) in [5.74, 6) is 1.72. The van der Waals surface area contributed by atoms with Gasteiger partial charge in [-0.05, 0) is 37.6 Å². The molecule has 0 saturated heterocycles. The third-order valence-electron chi connectivity index (χ3n) is 4.52. The molecule has 0 saturated carbocycles. The topological polar surface area (TPSA) is 107 Å². The lowest BCUT2D eigenvalue weighted by molar-refractivity contribution is -0.116. The number of rotatable bonds is 8. The van der Waals surface area contributed by atoms with Gasteiger partial charge in [-0.2, -0.15) is 4.98 Å². The molecule has 1 N–H and O–H groups in total. The Balaban J connectivity index is 1.26. The molecule has 9 heteroatoms. The average Bonchev–Trinajstić information content (AvgIpc) is 3.42. The highest BCUT2D eigenvalue weighted by Gasteiger charge is 2.13. The Morgan fingerprint density at radius 3 is 2.68 bits per heavy atom. The molecule has 0 aliphatic rings. The largest absolute Gasteiger partial charge is 0.411 e. The zero-order chi connectivity index (χ0) is 21.6. The van der Waals surface area contributed by atoms with Crippen LogP contribution < -0.4 is 5.32 Å². The predicted octanol–water partition coefficient (Wildman–Crippen LogP) is 4.60. The van der Waals surface area contributed by atoms with Gasteiger partial charge in [0.2, 0.25) is 17.7 Å². The Labute approximate surface area is 183 Å². The molecule has 0 fully saturated rings. The molecule has 0 unspecified atom stereocenters. The summed E-state index contributed by atoms with van der Waals surface area (Å²) >= 11 is 1.33. The first kappa shape index (κ1) is 20.8. The van der Waals surface area contributed by atoms with Gasteiger partial charge in [0.15, 0.2) is 5.82 Å². The van der Waals surface area contributed by atoms with E-state index >= 15 is 0 Å². The van der Waals surface area contributed by atoms with Gasteiger partial charge in [0.05, 0.1) is 5.75 Å². The highest BCUT2D eigenvalue weighted by molar-refractivity contribution is 7.98. The van der Waals surface area contributed by atoms with Crippen molar-refractivity contribution in [1.82, 2.24) is 20.3 Å². The van der Waals surface area contributed by atoms with E-state index in [4.69, 9.17) is 8.94 Å². The van der Waals surface area contributed by atoms with Gasteiger partial charge in [0, 0.05) is 24.1 Å². The van der Waals surface area contributed by atoms with Crippen LogP contribution in [0.15, 0.2) is 62.7 Å². The van der Waals surface area contributed by atoms with Crippen LogP contribution in [0.3, 0.4) is 0 Å². The van der Waals surface area contributed by atoms with Crippen LogP contribution in [0.25, 0.3) is 11.5 Å². The number of hydrogen-bond acceptors (Lipinski definition) is 8. The molecular formula is C22H21N5O3S. The number of thioether (sulfide) groups is 1. The predicted molar refractivity (Wildman–Crippen MR) is 116 cm³/mol. The maximum absolute atomic E-state index is 12.2. The Hall–Kier alpha value is -3.46. The van der Waals surface area contributed by atoms with Crippen LogP contribution in [-0.4, -0.2) is 26.2 Å². The van der Waals surface area contributed by atoms with Gasteiger partial charge in [-0.25, -0.2) is 0 Å². The number of aryl methyl sites for hydroxylation is 3. The fourth-order valence-corrected chi connectivity index (χ4v) is 3.41. The summed E-state index contributed by atoms with van der Waals surface area (Å²) in [5.41, 5.74) is 3.86. The van der Waals surface area contributed by atoms with Crippen LogP contribution in [0.5, 0.6) is 0 Å². The smallest absolute Gasteiger partial charge is 0.277 e. The summed E-state index contributed by atoms with van der Waals surface area (Å²) in [6, 6.07) is 15.5. The zero-order valence-corrected chi connectivity index (χ0v) is 18.0. The van der Waals surface area contributed by atoms with Crippen LogP contribution >= 0.6 is 11.8 Å². The van der Waals surface area contributed by atoms with Crippen molar-refractivity contribution in [2.24, 2.45) is 0 Å². The molecule has 0 radical (unpaired) electrons. The van der Waals surface area contributed by atoms with Crippen molar-refractivity contribution in [3.8, 4) is 11.5 Å². The average molecular weight is 436 g/mol. The quantitative estimate of drug-likeness (QED) is 0.400. The van der Waals surface area contributed by atoms with E-state index < -0.39 is 0 Å². The van der Waals surface area contributed by atoms with Crippen LogP contribution in [0.1, 0.15) is 29.3 Å². The number of benzene rings is 2. The molecule has 2 aromatic carbocycles. The van der Waals surface area contributed by atoms with E-state index in [0.29, 0.717) is 35.0 Å². The lowest BCUT2D eigenvalue weighted by atomic mass is 10.1. The standard InChI is InChI=1S/C22H21N5O3S/c1-14-7-9-16(10-8-14)21-25-26-22(29-21)31-13-18-24-20(30-27-18)12-11-19(28)23-17-6-4-3-5-15(17)2/h3-10H,11-13H2,1-2H3,(H,23,28). The number of nitrogens with zero attached hydrogens (tertiary/aromatic N) is 4. The highest BCUT2D eigenvalue weighted by Crippen LogP contribution is 2.25. The van der Waals surface area contributed by atoms with Crippen molar-refractivity contribution < 1.29 is 13.7 Å². The van der Waals surface area contributed by atoms with Gasteiger partial charge < -0.3 is 14.3 Å². The van der Waals surface area contributed by atoms with Gasteiger partial charge in [-0.3, -0.25) is 4.79 Å². The molecule has 2 heterocycles. The summed E-state index contributed by atoms with van der Waals surface area (Å²) < 4.78 is 10.9. The number of hydrogen-bond donors (Lipinski definition) is 1. The summed E-state index contributed by atoms with van der Waals surface area (Å²) in [6.07, 6.45) is 0.625. The van der Waals surface area contributed by atoms with E-state index in [1.807, 2.05) is 62.4 Å². The van der Waals surface area contributed by atoms with Crippen LogP contribution in [0.2, 0.25) is 0 Å². The second-order valence-electron chi connectivity index (χ2n) is 7.00. The number of carbonyl (C=O) groups excluding carboxylic acids is 1. The van der Waals surface area contributed by atoms with E-state index in [9.17, 15) is 4.79 Å². The van der Waals surface area contributed by atoms with Crippen molar-refractivity contribution in [1.29, 1.82) is 0 Å². The lowest BCUT2D eigenvalue weighted by Crippen LogP contribution is -2.13. The van der Waals surface area contributed by atoms with Gasteiger partial charge >= 0.3 is 0 Å². The normalized spacial score (nSPS) is 10.9. The van der Waals surface area contributed by atoms with E-state index in [-0.39, 0.29) is 12.3 Å². The lowest BCUT2D eigenvalue weighted by Gasteiger charge is -2.06. The Kier molecular flexibility index (Phi) is 6.42. The number of carbonyl (C=O) groups is 1. The number of amides is 1. The third-order valence-corrected chi connectivity index (χ3v) is 5.34. The van der Waals surface area contributed by atoms with Gasteiger partial charge in [-0.15, -0.1) is 10.2 Å². The minimum Gasteiger partial charge on any atom is -0.411 e. The maximum Gasteiger partial charge on any atom is 0.277 e.